The van der Waals surface area contributed by atoms with Gasteiger partial charge < -0.3 is 10.2 Å². The predicted molar refractivity (Wildman–Crippen MR) is 99.7 cm³/mol. The van der Waals surface area contributed by atoms with Crippen molar-refractivity contribution < 1.29 is 4.79 Å². The second-order valence-corrected chi connectivity index (χ2v) is 7.09. The van der Waals surface area contributed by atoms with E-state index in [1.54, 1.807) is 11.3 Å². The van der Waals surface area contributed by atoms with E-state index in [1.807, 2.05) is 18.2 Å². The minimum absolute atomic E-state index is 0.140. The molecular weight excluding hydrogens is 318 g/mol. The molecule has 0 unspecified atom stereocenters. The van der Waals surface area contributed by atoms with Gasteiger partial charge in [0.25, 0.3) is 0 Å². The van der Waals surface area contributed by atoms with E-state index in [0.717, 1.165) is 43.2 Å². The quantitative estimate of drug-likeness (QED) is 0.799. The minimum atomic E-state index is 0.140. The summed E-state index contributed by atoms with van der Waals surface area (Å²) in [4.78, 5) is 18.9. The fraction of sp³-hybridized carbons (Fsp3) is 0.474. The third kappa shape index (κ3) is 5.06. The number of aromatic nitrogens is 1. The third-order valence-corrected chi connectivity index (χ3v) is 5.28. The SMILES string of the molecule is O=C(CCCc1ccccc1)NCCc1csc(N2CCCC2)n1. The largest absolute Gasteiger partial charge is 0.356 e. The number of rotatable bonds is 8. The molecule has 0 radical (unpaired) electrons. The van der Waals surface area contributed by atoms with Crippen molar-refractivity contribution in [1.29, 1.82) is 0 Å². The van der Waals surface area contributed by atoms with E-state index in [0.29, 0.717) is 13.0 Å². The van der Waals surface area contributed by atoms with Crippen molar-refractivity contribution in [3.8, 4) is 0 Å². The molecule has 1 aliphatic heterocycles. The lowest BCUT2D eigenvalue weighted by Gasteiger charge is -2.12. The molecular formula is C19H25N3OS. The van der Waals surface area contributed by atoms with Crippen molar-refractivity contribution in [2.24, 2.45) is 0 Å². The first-order chi connectivity index (χ1) is 11.8. The summed E-state index contributed by atoms with van der Waals surface area (Å²) < 4.78 is 0. The highest BCUT2D eigenvalue weighted by molar-refractivity contribution is 7.13. The van der Waals surface area contributed by atoms with Crippen LogP contribution in [-0.4, -0.2) is 30.5 Å². The predicted octanol–water partition coefficient (Wildman–Crippen LogP) is 3.42. The Morgan fingerprint density at radius 3 is 2.75 bits per heavy atom. The fourth-order valence-electron chi connectivity index (χ4n) is 2.98. The number of carbonyl (C=O) groups excluding carboxylic acids is 1. The summed E-state index contributed by atoms with van der Waals surface area (Å²) in [7, 11) is 0. The molecule has 1 aromatic carbocycles. The number of anilines is 1. The molecule has 2 heterocycles. The minimum Gasteiger partial charge on any atom is -0.356 e. The maximum Gasteiger partial charge on any atom is 0.220 e. The van der Waals surface area contributed by atoms with E-state index < -0.39 is 0 Å². The van der Waals surface area contributed by atoms with Crippen LogP contribution in [0.5, 0.6) is 0 Å². The highest BCUT2D eigenvalue weighted by Gasteiger charge is 2.15. The standard InChI is InChI=1S/C19H25N3OS/c23-18(10-6-9-16-7-2-1-3-8-16)20-12-11-17-15-24-19(21-17)22-13-4-5-14-22/h1-3,7-8,15H,4-6,9-14H2,(H,20,23). The first kappa shape index (κ1) is 17.0. The summed E-state index contributed by atoms with van der Waals surface area (Å²) in [5.41, 5.74) is 2.38. The average Bonchev–Trinajstić information content (AvgIpc) is 3.27. The summed E-state index contributed by atoms with van der Waals surface area (Å²) in [5, 5.41) is 6.26. The first-order valence-corrected chi connectivity index (χ1v) is 9.69. The molecule has 3 rings (SSSR count). The van der Waals surface area contributed by atoms with Gasteiger partial charge in [0.05, 0.1) is 5.69 Å². The van der Waals surface area contributed by atoms with Crippen molar-refractivity contribution in [2.75, 3.05) is 24.5 Å². The van der Waals surface area contributed by atoms with E-state index in [9.17, 15) is 4.79 Å². The van der Waals surface area contributed by atoms with Crippen LogP contribution in [0, 0.1) is 0 Å². The number of hydrogen-bond donors (Lipinski definition) is 1. The molecule has 2 aromatic rings. The smallest absolute Gasteiger partial charge is 0.220 e. The van der Waals surface area contributed by atoms with Crippen LogP contribution in [0.4, 0.5) is 5.13 Å². The Labute approximate surface area is 147 Å². The zero-order valence-electron chi connectivity index (χ0n) is 14.0. The van der Waals surface area contributed by atoms with Gasteiger partial charge >= 0.3 is 0 Å². The van der Waals surface area contributed by atoms with Gasteiger partial charge in [-0.15, -0.1) is 11.3 Å². The number of carbonyl (C=O) groups is 1. The van der Waals surface area contributed by atoms with Gasteiger partial charge in [-0.2, -0.15) is 0 Å². The fourth-order valence-corrected chi connectivity index (χ4v) is 3.89. The zero-order chi connectivity index (χ0) is 16.6. The molecule has 0 bridgehead atoms. The number of benzene rings is 1. The molecule has 1 fully saturated rings. The van der Waals surface area contributed by atoms with Crippen LogP contribution in [0.1, 0.15) is 36.9 Å². The second-order valence-electron chi connectivity index (χ2n) is 6.25. The lowest BCUT2D eigenvalue weighted by Crippen LogP contribution is -2.25. The average molecular weight is 343 g/mol. The van der Waals surface area contributed by atoms with Gasteiger partial charge in [-0.05, 0) is 31.2 Å². The van der Waals surface area contributed by atoms with Gasteiger partial charge in [-0.3, -0.25) is 4.79 Å². The number of nitrogens with zero attached hydrogens (tertiary/aromatic N) is 2. The molecule has 0 aliphatic carbocycles. The summed E-state index contributed by atoms with van der Waals surface area (Å²) in [5.74, 6) is 0.140. The van der Waals surface area contributed by atoms with Crippen LogP contribution in [0.2, 0.25) is 0 Å². The Hall–Kier alpha value is -1.88. The summed E-state index contributed by atoms with van der Waals surface area (Å²) in [6.45, 7) is 2.93. The van der Waals surface area contributed by atoms with Gasteiger partial charge in [0.2, 0.25) is 5.91 Å². The van der Waals surface area contributed by atoms with Crippen LogP contribution in [0.15, 0.2) is 35.7 Å². The van der Waals surface area contributed by atoms with Crippen molar-refractivity contribution in [1.82, 2.24) is 10.3 Å². The highest BCUT2D eigenvalue weighted by Crippen LogP contribution is 2.24. The molecule has 1 N–H and O–H groups in total. The van der Waals surface area contributed by atoms with Crippen LogP contribution >= 0.6 is 11.3 Å². The number of nitrogens with one attached hydrogen (secondary N) is 1. The van der Waals surface area contributed by atoms with Crippen LogP contribution in [0.3, 0.4) is 0 Å². The normalized spacial score (nSPS) is 14.1. The second kappa shape index (κ2) is 8.83. The molecule has 0 spiro atoms. The van der Waals surface area contributed by atoms with Crippen LogP contribution in [0.25, 0.3) is 0 Å². The topological polar surface area (TPSA) is 45.2 Å². The van der Waals surface area contributed by atoms with E-state index in [4.69, 9.17) is 0 Å². The van der Waals surface area contributed by atoms with Crippen LogP contribution < -0.4 is 10.2 Å². The molecule has 128 valence electrons. The zero-order valence-corrected chi connectivity index (χ0v) is 14.9. The van der Waals surface area contributed by atoms with Gasteiger partial charge in [-0.1, -0.05) is 30.3 Å². The molecule has 1 aromatic heterocycles. The number of hydrogen-bond acceptors (Lipinski definition) is 4. The molecule has 0 saturated carbocycles. The van der Waals surface area contributed by atoms with Crippen molar-refractivity contribution in [3.63, 3.8) is 0 Å². The molecule has 5 heteroatoms. The van der Waals surface area contributed by atoms with Gasteiger partial charge in [0.15, 0.2) is 5.13 Å². The number of thiazole rings is 1. The Bertz CT molecular complexity index is 635. The maximum absolute atomic E-state index is 11.9. The monoisotopic (exact) mass is 343 g/mol. The van der Waals surface area contributed by atoms with Gasteiger partial charge in [0, 0.05) is 37.9 Å². The van der Waals surface area contributed by atoms with Crippen molar-refractivity contribution >= 4 is 22.4 Å². The maximum atomic E-state index is 11.9. The van der Waals surface area contributed by atoms with Gasteiger partial charge in [-0.25, -0.2) is 4.98 Å². The third-order valence-electron chi connectivity index (χ3n) is 4.33. The Morgan fingerprint density at radius 1 is 1.17 bits per heavy atom. The number of aryl methyl sites for hydroxylation is 1. The molecule has 24 heavy (non-hydrogen) atoms. The van der Waals surface area contributed by atoms with E-state index >= 15 is 0 Å². The molecule has 1 amide bonds. The molecule has 1 saturated heterocycles. The first-order valence-electron chi connectivity index (χ1n) is 8.81. The molecule has 1 aliphatic rings. The Kier molecular flexibility index (Phi) is 6.24. The Morgan fingerprint density at radius 2 is 1.96 bits per heavy atom. The van der Waals surface area contributed by atoms with Crippen LogP contribution in [-0.2, 0) is 17.6 Å². The van der Waals surface area contributed by atoms with Gasteiger partial charge in [0.1, 0.15) is 0 Å². The Balaban J connectivity index is 1.32. The summed E-state index contributed by atoms with van der Waals surface area (Å²) in [6, 6.07) is 10.3. The van der Waals surface area contributed by atoms with Crippen molar-refractivity contribution in [2.45, 2.75) is 38.5 Å². The van der Waals surface area contributed by atoms with E-state index in [-0.39, 0.29) is 5.91 Å². The lowest BCUT2D eigenvalue weighted by molar-refractivity contribution is -0.121. The molecule has 0 atom stereocenters. The van der Waals surface area contributed by atoms with Crippen molar-refractivity contribution in [3.05, 3.63) is 47.0 Å². The lowest BCUT2D eigenvalue weighted by atomic mass is 10.1. The molecule has 4 nitrogen and oxygen atoms in total. The number of amides is 1. The summed E-state index contributed by atoms with van der Waals surface area (Å²) >= 11 is 1.72. The van der Waals surface area contributed by atoms with E-state index in [2.05, 4.69) is 32.7 Å². The highest BCUT2D eigenvalue weighted by atomic mass is 32.1. The summed E-state index contributed by atoms with van der Waals surface area (Å²) in [6.07, 6.45) is 5.80. The van der Waals surface area contributed by atoms with E-state index in [1.165, 1.54) is 18.4 Å².